The molecule has 2 nitrogen and oxygen atoms in total. The molecule has 0 bridgehead atoms. The zero-order valence-electron chi connectivity index (χ0n) is 8.14. The van der Waals surface area contributed by atoms with Gasteiger partial charge in [0.15, 0.2) is 0 Å². The summed E-state index contributed by atoms with van der Waals surface area (Å²) in [5.41, 5.74) is 5.53. The van der Waals surface area contributed by atoms with Crippen LogP contribution in [0, 0.1) is 5.92 Å². The number of hydrogen-bond acceptors (Lipinski definition) is 2. The van der Waals surface area contributed by atoms with Gasteiger partial charge in [0.05, 0.1) is 0 Å². The molecule has 1 aliphatic heterocycles. The number of piperidine rings is 1. The second kappa shape index (κ2) is 6.62. The third-order valence-electron chi connectivity index (χ3n) is 2.17. The maximum absolute atomic E-state index is 5.53. The van der Waals surface area contributed by atoms with Crippen molar-refractivity contribution in [2.45, 2.75) is 26.7 Å². The van der Waals surface area contributed by atoms with E-state index < -0.39 is 0 Å². The summed E-state index contributed by atoms with van der Waals surface area (Å²) in [6.45, 7) is 7.36. The third kappa shape index (κ3) is 4.38. The molecule has 1 aliphatic rings. The third-order valence-corrected chi connectivity index (χ3v) is 2.17. The summed E-state index contributed by atoms with van der Waals surface area (Å²) < 4.78 is 0. The summed E-state index contributed by atoms with van der Waals surface area (Å²) in [6, 6.07) is 0. The first-order valence-corrected chi connectivity index (χ1v) is 4.71. The maximum atomic E-state index is 5.53. The van der Waals surface area contributed by atoms with Gasteiger partial charge in [-0.2, -0.15) is 0 Å². The monoisotopic (exact) mass is 160 g/mol. The minimum absolute atomic E-state index is 0. The van der Waals surface area contributed by atoms with Gasteiger partial charge in [0.1, 0.15) is 0 Å². The Morgan fingerprint density at radius 2 is 1.82 bits per heavy atom. The van der Waals surface area contributed by atoms with Crippen molar-refractivity contribution in [1.82, 2.24) is 4.90 Å². The van der Waals surface area contributed by atoms with Crippen LogP contribution in [0.4, 0.5) is 0 Å². The van der Waals surface area contributed by atoms with Gasteiger partial charge >= 0.3 is 0 Å². The van der Waals surface area contributed by atoms with E-state index in [1.54, 1.807) is 0 Å². The Bertz CT molecular complexity index is 80.6. The molecule has 0 aromatic carbocycles. The van der Waals surface area contributed by atoms with E-state index >= 15 is 0 Å². The molecule has 0 radical (unpaired) electrons. The highest BCUT2D eigenvalue weighted by atomic mass is 15.1. The highest BCUT2D eigenvalue weighted by molar-refractivity contribution is 4.69. The Morgan fingerprint density at radius 1 is 1.36 bits per heavy atom. The van der Waals surface area contributed by atoms with Gasteiger partial charge in [-0.25, -0.2) is 0 Å². The summed E-state index contributed by atoms with van der Waals surface area (Å²) in [5.74, 6) is 0.807. The van der Waals surface area contributed by atoms with Crippen LogP contribution in [0.15, 0.2) is 0 Å². The summed E-state index contributed by atoms with van der Waals surface area (Å²) >= 11 is 0. The van der Waals surface area contributed by atoms with Crippen LogP contribution in [0.2, 0.25) is 0 Å². The van der Waals surface area contributed by atoms with Crippen molar-refractivity contribution >= 4 is 0 Å². The van der Waals surface area contributed by atoms with E-state index in [4.69, 9.17) is 5.73 Å². The van der Waals surface area contributed by atoms with Gasteiger partial charge in [-0.3, -0.25) is 0 Å². The molecule has 0 spiro atoms. The van der Waals surface area contributed by atoms with Crippen molar-refractivity contribution in [1.29, 1.82) is 0 Å². The first-order chi connectivity index (χ1) is 5.33. The van der Waals surface area contributed by atoms with Gasteiger partial charge in [0, 0.05) is 1.43 Å². The lowest BCUT2D eigenvalue weighted by Crippen LogP contribution is -2.33. The highest BCUT2D eigenvalue weighted by Crippen LogP contribution is 2.13. The van der Waals surface area contributed by atoms with Crippen LogP contribution >= 0.6 is 0 Å². The van der Waals surface area contributed by atoms with Gasteiger partial charge in [0.25, 0.3) is 0 Å². The van der Waals surface area contributed by atoms with Gasteiger partial charge < -0.3 is 10.6 Å². The first kappa shape index (κ1) is 10.9. The van der Waals surface area contributed by atoms with Crippen LogP contribution in [0.1, 0.15) is 28.1 Å². The minimum atomic E-state index is 0. The van der Waals surface area contributed by atoms with Crippen LogP contribution < -0.4 is 5.73 Å². The second-order valence-electron chi connectivity index (χ2n) is 2.98. The molecule has 0 amide bonds. The number of nitrogens with two attached hydrogens (primary N) is 1. The highest BCUT2D eigenvalue weighted by Gasteiger charge is 2.13. The molecular weight excluding hydrogens is 136 g/mol. The van der Waals surface area contributed by atoms with Crippen LogP contribution in [-0.4, -0.2) is 31.6 Å². The van der Waals surface area contributed by atoms with Crippen molar-refractivity contribution < 1.29 is 1.43 Å². The fourth-order valence-corrected chi connectivity index (χ4v) is 1.30. The van der Waals surface area contributed by atoms with Crippen molar-refractivity contribution in [3.05, 3.63) is 0 Å². The van der Waals surface area contributed by atoms with Gasteiger partial charge in [-0.15, -0.1) is 0 Å². The first-order valence-electron chi connectivity index (χ1n) is 4.71. The molecule has 0 aromatic rings. The largest absolute Gasteiger partial charge is 0.330 e. The average molecular weight is 160 g/mol. The van der Waals surface area contributed by atoms with Gasteiger partial charge in [0.2, 0.25) is 0 Å². The molecule has 1 heterocycles. The average Bonchev–Trinajstić information content (AvgIpc) is 2.10. The molecular formula is C9H24N2. The lowest BCUT2D eigenvalue weighted by atomic mass is 9.98. The smallest absolute Gasteiger partial charge is 0 e. The quantitative estimate of drug-likeness (QED) is 0.631. The molecule has 0 unspecified atom stereocenters. The van der Waals surface area contributed by atoms with E-state index in [0.29, 0.717) is 0 Å². The SMILES string of the molecule is CC.CN1CCC(CN)CC1.[HH]. The van der Waals surface area contributed by atoms with E-state index in [9.17, 15) is 0 Å². The van der Waals surface area contributed by atoms with Crippen molar-refractivity contribution in [2.24, 2.45) is 11.7 Å². The summed E-state index contributed by atoms with van der Waals surface area (Å²) in [5, 5.41) is 0. The summed E-state index contributed by atoms with van der Waals surface area (Å²) in [6.07, 6.45) is 2.60. The topological polar surface area (TPSA) is 29.3 Å². The molecule has 0 saturated carbocycles. The zero-order valence-corrected chi connectivity index (χ0v) is 8.14. The fraction of sp³-hybridized carbons (Fsp3) is 1.00. The molecule has 2 heteroatoms. The van der Waals surface area contributed by atoms with Crippen LogP contribution in [0.3, 0.4) is 0 Å². The lowest BCUT2D eigenvalue weighted by molar-refractivity contribution is 0.223. The minimum Gasteiger partial charge on any atom is -0.330 e. The molecule has 1 saturated heterocycles. The molecule has 0 atom stereocenters. The normalized spacial score (nSPS) is 20.7. The van der Waals surface area contributed by atoms with Crippen molar-refractivity contribution in [3.8, 4) is 0 Å². The predicted octanol–water partition coefficient (Wildman–Crippen LogP) is 1.56. The Morgan fingerprint density at radius 3 is 2.18 bits per heavy atom. The van der Waals surface area contributed by atoms with E-state index in [1.807, 2.05) is 13.8 Å². The number of nitrogens with zero attached hydrogens (tertiary/aromatic N) is 1. The number of likely N-dealkylation sites (tertiary alicyclic amines) is 1. The molecule has 2 N–H and O–H groups in total. The zero-order chi connectivity index (χ0) is 8.69. The molecule has 0 aliphatic carbocycles. The van der Waals surface area contributed by atoms with Crippen LogP contribution in [-0.2, 0) is 0 Å². The summed E-state index contributed by atoms with van der Waals surface area (Å²) in [7, 11) is 2.17. The fourth-order valence-electron chi connectivity index (χ4n) is 1.30. The van der Waals surface area contributed by atoms with Crippen molar-refractivity contribution in [3.63, 3.8) is 0 Å². The van der Waals surface area contributed by atoms with E-state index in [-0.39, 0.29) is 1.43 Å². The molecule has 0 aromatic heterocycles. The Hall–Kier alpha value is -0.0800. The summed E-state index contributed by atoms with van der Waals surface area (Å²) in [4.78, 5) is 2.37. The van der Waals surface area contributed by atoms with Crippen LogP contribution in [0.25, 0.3) is 0 Å². The van der Waals surface area contributed by atoms with Gasteiger partial charge in [-0.05, 0) is 45.4 Å². The Kier molecular flexibility index (Phi) is 6.57. The number of hydrogen-bond donors (Lipinski definition) is 1. The molecule has 1 fully saturated rings. The van der Waals surface area contributed by atoms with Crippen molar-refractivity contribution in [2.75, 3.05) is 26.7 Å². The predicted molar refractivity (Wildman–Crippen MR) is 52.7 cm³/mol. The Balaban J connectivity index is 0. The van der Waals surface area contributed by atoms with Gasteiger partial charge in [-0.1, -0.05) is 13.8 Å². The molecule has 11 heavy (non-hydrogen) atoms. The molecule has 1 rings (SSSR count). The van der Waals surface area contributed by atoms with E-state index in [1.165, 1.54) is 25.9 Å². The number of rotatable bonds is 1. The lowest BCUT2D eigenvalue weighted by Gasteiger charge is -2.27. The molecule has 70 valence electrons. The van der Waals surface area contributed by atoms with Crippen LogP contribution in [0.5, 0.6) is 0 Å². The Labute approximate surface area is 72.2 Å². The van der Waals surface area contributed by atoms with E-state index in [2.05, 4.69) is 11.9 Å². The van der Waals surface area contributed by atoms with E-state index in [0.717, 1.165) is 12.5 Å². The standard InChI is InChI=1S/C7H16N2.C2H6.H2/c1-9-4-2-7(6-8)3-5-9;1-2;/h7H,2-6,8H2,1H3;1-2H3;1H. The maximum Gasteiger partial charge on any atom is 0 e. The second-order valence-corrected chi connectivity index (χ2v) is 2.98.